The van der Waals surface area contributed by atoms with Gasteiger partial charge in [0.1, 0.15) is 5.82 Å². The molecule has 30 heavy (non-hydrogen) atoms. The standard InChI is InChI=1S/C25H26FNO3/c1-17(2)27-22-9-5-4-8-21(22)25(18-11-13-19(26)14-12-18)23(27)16-15-20(28)7-6-10-24(29)30-3/h4-6,8-17,20,28H,7H2,1-3H3. The van der Waals surface area contributed by atoms with Gasteiger partial charge in [-0.05, 0) is 50.1 Å². The van der Waals surface area contributed by atoms with Crippen LogP contribution in [0.25, 0.3) is 28.1 Å². The second-order valence-corrected chi connectivity index (χ2v) is 7.34. The summed E-state index contributed by atoms with van der Waals surface area (Å²) in [5.74, 6) is -0.735. The van der Waals surface area contributed by atoms with Crippen LogP contribution in [0.2, 0.25) is 0 Å². The number of nitrogens with zero attached hydrogens (tertiary/aromatic N) is 1. The normalized spacial score (nSPS) is 13.0. The van der Waals surface area contributed by atoms with Gasteiger partial charge in [-0.1, -0.05) is 42.5 Å². The van der Waals surface area contributed by atoms with Crippen LogP contribution in [0.3, 0.4) is 0 Å². The molecule has 0 saturated carbocycles. The molecule has 0 fully saturated rings. The number of aliphatic hydroxyl groups excluding tert-OH is 1. The van der Waals surface area contributed by atoms with Crippen LogP contribution in [0.4, 0.5) is 4.39 Å². The van der Waals surface area contributed by atoms with Crippen molar-refractivity contribution in [2.45, 2.75) is 32.4 Å². The molecule has 1 heterocycles. The van der Waals surface area contributed by atoms with E-state index in [0.29, 0.717) is 6.42 Å². The van der Waals surface area contributed by atoms with Crippen LogP contribution in [0.15, 0.2) is 66.8 Å². The SMILES string of the molecule is COC(=O)C=CCC(O)C=Cc1c(-c2ccc(F)cc2)c2ccccc2n1C(C)C. The molecule has 1 atom stereocenters. The Bertz CT molecular complexity index is 1080. The van der Waals surface area contributed by atoms with Crippen molar-refractivity contribution >= 4 is 22.9 Å². The Morgan fingerprint density at radius 3 is 2.53 bits per heavy atom. The number of para-hydroxylation sites is 1. The number of aromatic nitrogens is 1. The Balaban J connectivity index is 2.07. The van der Waals surface area contributed by atoms with Gasteiger partial charge in [-0.2, -0.15) is 0 Å². The van der Waals surface area contributed by atoms with Gasteiger partial charge in [0.15, 0.2) is 0 Å². The molecule has 3 aromatic rings. The smallest absolute Gasteiger partial charge is 0.330 e. The average Bonchev–Trinajstić information content (AvgIpc) is 3.07. The lowest BCUT2D eigenvalue weighted by atomic mass is 10.0. The first-order chi connectivity index (χ1) is 14.4. The molecule has 1 aromatic heterocycles. The van der Waals surface area contributed by atoms with Crippen LogP contribution >= 0.6 is 0 Å². The van der Waals surface area contributed by atoms with Crippen molar-refractivity contribution in [3.63, 3.8) is 0 Å². The highest BCUT2D eigenvalue weighted by atomic mass is 19.1. The van der Waals surface area contributed by atoms with E-state index in [2.05, 4.69) is 35.3 Å². The van der Waals surface area contributed by atoms with Crippen LogP contribution in [0.5, 0.6) is 0 Å². The van der Waals surface area contributed by atoms with Crippen molar-refractivity contribution in [2.24, 2.45) is 0 Å². The highest BCUT2D eigenvalue weighted by Gasteiger charge is 2.18. The van der Waals surface area contributed by atoms with E-state index < -0.39 is 12.1 Å². The number of fused-ring (bicyclic) bond motifs is 1. The van der Waals surface area contributed by atoms with E-state index in [4.69, 9.17) is 0 Å². The highest BCUT2D eigenvalue weighted by Crippen LogP contribution is 2.37. The Kier molecular flexibility index (Phi) is 6.85. The molecule has 3 rings (SSSR count). The molecule has 0 saturated heterocycles. The first kappa shape index (κ1) is 21.5. The summed E-state index contributed by atoms with van der Waals surface area (Å²) in [6.45, 7) is 4.21. The summed E-state index contributed by atoms with van der Waals surface area (Å²) in [4.78, 5) is 11.2. The molecule has 0 aliphatic carbocycles. The molecule has 2 aromatic carbocycles. The Morgan fingerprint density at radius 1 is 1.17 bits per heavy atom. The van der Waals surface area contributed by atoms with Gasteiger partial charge < -0.3 is 14.4 Å². The zero-order valence-electron chi connectivity index (χ0n) is 17.4. The lowest BCUT2D eigenvalue weighted by Crippen LogP contribution is -2.05. The lowest BCUT2D eigenvalue weighted by molar-refractivity contribution is -0.134. The second kappa shape index (κ2) is 9.55. The van der Waals surface area contributed by atoms with E-state index in [0.717, 1.165) is 27.7 Å². The van der Waals surface area contributed by atoms with Gasteiger partial charge in [0, 0.05) is 34.3 Å². The quantitative estimate of drug-likeness (QED) is 0.414. The molecular weight excluding hydrogens is 381 g/mol. The predicted molar refractivity (Wildman–Crippen MR) is 119 cm³/mol. The Hall–Kier alpha value is -3.18. The number of halogens is 1. The Morgan fingerprint density at radius 2 is 1.87 bits per heavy atom. The largest absolute Gasteiger partial charge is 0.466 e. The zero-order valence-corrected chi connectivity index (χ0v) is 17.4. The van der Waals surface area contributed by atoms with Crippen molar-refractivity contribution in [3.05, 3.63) is 78.3 Å². The van der Waals surface area contributed by atoms with Crippen LogP contribution in [-0.2, 0) is 9.53 Å². The van der Waals surface area contributed by atoms with Crippen molar-refractivity contribution < 1.29 is 19.0 Å². The number of aliphatic hydroxyl groups is 1. The van der Waals surface area contributed by atoms with Crippen LogP contribution in [0.1, 0.15) is 32.0 Å². The minimum absolute atomic E-state index is 0.181. The number of methoxy groups -OCH3 is 1. The van der Waals surface area contributed by atoms with Crippen LogP contribution in [-0.4, -0.2) is 28.9 Å². The number of carbonyl (C=O) groups is 1. The first-order valence-corrected chi connectivity index (χ1v) is 9.92. The fraction of sp³-hybridized carbons (Fsp3) is 0.240. The van der Waals surface area contributed by atoms with E-state index in [1.54, 1.807) is 24.3 Å². The van der Waals surface area contributed by atoms with E-state index in [1.807, 2.05) is 18.2 Å². The second-order valence-electron chi connectivity index (χ2n) is 7.34. The fourth-order valence-electron chi connectivity index (χ4n) is 3.58. The molecule has 4 nitrogen and oxygen atoms in total. The number of benzene rings is 2. The third kappa shape index (κ3) is 4.69. The molecule has 0 aliphatic rings. The molecule has 1 unspecified atom stereocenters. The number of carbonyl (C=O) groups excluding carboxylic acids is 1. The van der Waals surface area contributed by atoms with Crippen molar-refractivity contribution in [3.8, 4) is 11.1 Å². The van der Waals surface area contributed by atoms with E-state index in [-0.39, 0.29) is 11.9 Å². The average molecular weight is 407 g/mol. The topological polar surface area (TPSA) is 51.5 Å². The van der Waals surface area contributed by atoms with Crippen molar-refractivity contribution in [1.29, 1.82) is 0 Å². The maximum Gasteiger partial charge on any atom is 0.330 e. The number of hydrogen-bond donors (Lipinski definition) is 1. The van der Waals surface area contributed by atoms with Gasteiger partial charge in [-0.3, -0.25) is 0 Å². The number of ether oxygens (including phenoxy) is 1. The molecule has 0 radical (unpaired) electrons. The maximum absolute atomic E-state index is 13.5. The number of hydrogen-bond acceptors (Lipinski definition) is 3. The third-order valence-corrected chi connectivity index (χ3v) is 4.91. The molecular formula is C25H26FNO3. The zero-order chi connectivity index (χ0) is 21.7. The van der Waals surface area contributed by atoms with E-state index in [1.165, 1.54) is 25.3 Å². The summed E-state index contributed by atoms with van der Waals surface area (Å²) in [7, 11) is 1.31. The van der Waals surface area contributed by atoms with Gasteiger partial charge >= 0.3 is 5.97 Å². The molecule has 0 amide bonds. The van der Waals surface area contributed by atoms with E-state index >= 15 is 0 Å². The molecule has 156 valence electrons. The minimum Gasteiger partial charge on any atom is -0.466 e. The highest BCUT2D eigenvalue weighted by molar-refractivity contribution is 6.01. The molecule has 1 N–H and O–H groups in total. The summed E-state index contributed by atoms with van der Waals surface area (Å²) in [6.07, 6.45) is 6.02. The van der Waals surface area contributed by atoms with Gasteiger partial charge in [0.25, 0.3) is 0 Å². The van der Waals surface area contributed by atoms with E-state index in [9.17, 15) is 14.3 Å². The fourth-order valence-corrected chi connectivity index (χ4v) is 3.58. The number of esters is 1. The molecule has 0 aliphatic heterocycles. The van der Waals surface area contributed by atoms with Crippen LogP contribution in [0, 0.1) is 5.82 Å². The van der Waals surface area contributed by atoms with Gasteiger partial charge in [0.05, 0.1) is 13.2 Å². The van der Waals surface area contributed by atoms with Gasteiger partial charge in [-0.15, -0.1) is 0 Å². The monoisotopic (exact) mass is 407 g/mol. The minimum atomic E-state index is -0.759. The summed E-state index contributed by atoms with van der Waals surface area (Å²) in [5.41, 5.74) is 3.92. The van der Waals surface area contributed by atoms with Gasteiger partial charge in [0.2, 0.25) is 0 Å². The summed E-state index contributed by atoms with van der Waals surface area (Å²) >= 11 is 0. The predicted octanol–water partition coefficient (Wildman–Crippen LogP) is 5.52. The summed E-state index contributed by atoms with van der Waals surface area (Å²) in [5, 5.41) is 11.4. The Labute approximate surface area is 175 Å². The van der Waals surface area contributed by atoms with Crippen molar-refractivity contribution in [2.75, 3.05) is 7.11 Å². The first-order valence-electron chi connectivity index (χ1n) is 9.92. The van der Waals surface area contributed by atoms with Gasteiger partial charge in [-0.25, -0.2) is 9.18 Å². The third-order valence-electron chi connectivity index (χ3n) is 4.91. The number of rotatable bonds is 7. The summed E-state index contributed by atoms with van der Waals surface area (Å²) in [6, 6.07) is 14.7. The summed E-state index contributed by atoms with van der Waals surface area (Å²) < 4.78 is 20.3. The lowest BCUT2D eigenvalue weighted by Gasteiger charge is -2.14. The van der Waals surface area contributed by atoms with Crippen molar-refractivity contribution in [1.82, 2.24) is 4.57 Å². The van der Waals surface area contributed by atoms with Crippen LogP contribution < -0.4 is 0 Å². The molecule has 0 bridgehead atoms. The molecule has 5 heteroatoms. The molecule has 0 spiro atoms. The maximum atomic E-state index is 13.5.